The second-order valence-electron chi connectivity index (χ2n) is 7.03. The van der Waals surface area contributed by atoms with Gasteiger partial charge in [-0.3, -0.25) is 14.4 Å². The monoisotopic (exact) mass is 789 g/mol. The van der Waals surface area contributed by atoms with Gasteiger partial charge in [0.05, 0.1) is 34.3 Å². The minimum absolute atomic E-state index is 0.0941. The summed E-state index contributed by atoms with van der Waals surface area (Å²) in [4.78, 5) is 38.4. The van der Waals surface area contributed by atoms with Crippen LogP contribution in [0.1, 0.15) is 24.2 Å². The zero-order chi connectivity index (χ0) is 24.5. The number of halogens is 3. The van der Waals surface area contributed by atoms with E-state index in [0.29, 0.717) is 22.1 Å². The number of amides is 3. The molecule has 0 unspecified atom stereocenters. The van der Waals surface area contributed by atoms with Crippen LogP contribution in [0.5, 0.6) is 0 Å². The van der Waals surface area contributed by atoms with Gasteiger partial charge in [-0.1, -0.05) is 0 Å². The maximum absolute atomic E-state index is 13.2. The summed E-state index contributed by atoms with van der Waals surface area (Å²) < 4.78 is 6.40. The third kappa shape index (κ3) is 5.63. The van der Waals surface area contributed by atoms with Gasteiger partial charge < -0.3 is 40.7 Å². The molecule has 1 aromatic rings. The fourth-order valence-electron chi connectivity index (χ4n) is 3.06. The lowest BCUT2D eigenvalue weighted by molar-refractivity contribution is -0.252. The number of aliphatic hydroxyl groups is 4. The van der Waals surface area contributed by atoms with E-state index in [9.17, 15) is 34.8 Å². The highest BCUT2D eigenvalue weighted by Gasteiger charge is 2.44. The Balaban J connectivity index is 2.56. The lowest BCUT2D eigenvalue weighted by Gasteiger charge is -2.40. The lowest BCUT2D eigenvalue weighted by Crippen LogP contribution is -2.64. The molecule has 0 bridgehead atoms. The third-order valence-corrected chi connectivity index (χ3v) is 8.01. The largest absolute Gasteiger partial charge is 0.394 e. The Labute approximate surface area is 224 Å². The molecule has 14 heteroatoms. The van der Waals surface area contributed by atoms with Gasteiger partial charge in [-0.05, 0) is 67.8 Å². The van der Waals surface area contributed by atoms with Crippen LogP contribution in [0.2, 0.25) is 0 Å². The quantitative estimate of drug-likeness (QED) is 0.227. The number of ether oxygens (including phenoxy) is 1. The molecule has 6 N–H and O–H groups in total. The van der Waals surface area contributed by atoms with Crippen molar-refractivity contribution in [1.29, 1.82) is 0 Å². The molecule has 0 aliphatic carbocycles. The van der Waals surface area contributed by atoms with Crippen LogP contribution in [-0.2, 0) is 14.3 Å². The van der Waals surface area contributed by atoms with Crippen molar-refractivity contribution in [2.45, 2.75) is 44.5 Å². The van der Waals surface area contributed by atoms with E-state index in [1.54, 1.807) is 0 Å². The molecule has 1 aliphatic heterocycles. The first-order chi connectivity index (χ1) is 14.8. The van der Waals surface area contributed by atoms with Crippen LogP contribution in [0.25, 0.3) is 0 Å². The van der Waals surface area contributed by atoms with Gasteiger partial charge >= 0.3 is 0 Å². The molecule has 1 aromatic carbocycles. The predicted molar refractivity (Wildman–Crippen MR) is 139 cm³/mol. The maximum atomic E-state index is 13.2. The van der Waals surface area contributed by atoms with Gasteiger partial charge in [0, 0.05) is 20.9 Å². The Kier molecular flexibility index (Phi) is 9.89. The number of rotatable bonds is 5. The Morgan fingerprint density at radius 1 is 1.03 bits per heavy atom. The minimum Gasteiger partial charge on any atom is -0.394 e. The van der Waals surface area contributed by atoms with Crippen molar-refractivity contribution in [3.05, 3.63) is 16.3 Å². The molecule has 1 fully saturated rings. The van der Waals surface area contributed by atoms with Gasteiger partial charge in [-0.15, -0.1) is 0 Å². The van der Waals surface area contributed by atoms with Gasteiger partial charge in [-0.25, -0.2) is 0 Å². The first kappa shape index (κ1) is 27.9. The van der Waals surface area contributed by atoms with Crippen molar-refractivity contribution in [3.63, 3.8) is 0 Å². The molecule has 0 radical (unpaired) electrons. The van der Waals surface area contributed by atoms with Crippen LogP contribution in [-0.4, -0.2) is 82.4 Å². The van der Waals surface area contributed by atoms with E-state index >= 15 is 0 Å². The average Bonchev–Trinajstić information content (AvgIpc) is 2.70. The van der Waals surface area contributed by atoms with E-state index < -0.39 is 43.2 Å². The summed E-state index contributed by atoms with van der Waals surface area (Å²) in [6.07, 6.45) is -6.07. The summed E-state index contributed by atoms with van der Waals surface area (Å²) in [5.74, 6) is -1.41. The minimum atomic E-state index is -1.69. The molecule has 32 heavy (non-hydrogen) atoms. The third-order valence-electron chi connectivity index (χ3n) is 4.83. The van der Waals surface area contributed by atoms with Crippen LogP contribution in [0.15, 0.2) is 0 Å². The molecule has 3 amide bonds. The summed E-state index contributed by atoms with van der Waals surface area (Å²) in [7, 11) is 1.53. The van der Waals surface area contributed by atoms with Gasteiger partial charge in [0.15, 0.2) is 6.29 Å². The standard InChI is InChI=1S/C18H22I3N3O8/c1-5(26)22-12-9(19)8(10(20)14(11(12)21)24(3)6(2)27)17(30)23-13-16(29)15(28)7(4-25)32-18(13)31/h7,13,15-16,18,25,28-29,31H,4H2,1-3H3,(H,22,26)(H,23,30)/t7-,13+,15+,16-,18-/m0/s1. The van der Waals surface area contributed by atoms with E-state index in [1.165, 1.54) is 25.8 Å². The van der Waals surface area contributed by atoms with Crippen molar-refractivity contribution in [2.75, 3.05) is 23.9 Å². The van der Waals surface area contributed by atoms with E-state index in [4.69, 9.17) is 4.74 Å². The maximum Gasteiger partial charge on any atom is 0.254 e. The molecular weight excluding hydrogens is 767 g/mol. The molecule has 2 rings (SSSR count). The molecule has 1 saturated heterocycles. The van der Waals surface area contributed by atoms with Gasteiger partial charge in [-0.2, -0.15) is 0 Å². The molecule has 178 valence electrons. The summed E-state index contributed by atoms with van der Waals surface area (Å²) in [5, 5.41) is 45.0. The molecule has 11 nitrogen and oxygen atoms in total. The van der Waals surface area contributed by atoms with Crippen molar-refractivity contribution < 1.29 is 39.5 Å². The van der Waals surface area contributed by atoms with E-state index in [-0.39, 0.29) is 17.4 Å². The normalized spacial score (nSPS) is 25.2. The molecule has 5 atom stereocenters. The molecule has 0 spiro atoms. The Morgan fingerprint density at radius 3 is 2.12 bits per heavy atom. The van der Waals surface area contributed by atoms with Crippen molar-refractivity contribution in [2.24, 2.45) is 0 Å². The summed E-state index contributed by atoms with van der Waals surface area (Å²) in [6.45, 7) is 2.03. The highest BCUT2D eigenvalue weighted by molar-refractivity contribution is 14.1. The van der Waals surface area contributed by atoms with Crippen molar-refractivity contribution in [3.8, 4) is 0 Å². The number of aliphatic hydroxyl groups excluding tert-OH is 4. The van der Waals surface area contributed by atoms with Crippen LogP contribution < -0.4 is 15.5 Å². The van der Waals surface area contributed by atoms with Crippen LogP contribution in [0.3, 0.4) is 0 Å². The Morgan fingerprint density at radius 2 is 1.62 bits per heavy atom. The number of hydrogen-bond donors (Lipinski definition) is 6. The second kappa shape index (κ2) is 11.4. The topological polar surface area (TPSA) is 169 Å². The van der Waals surface area contributed by atoms with Crippen molar-refractivity contribution >= 4 is 96.9 Å². The lowest BCUT2D eigenvalue weighted by atomic mass is 9.96. The highest BCUT2D eigenvalue weighted by Crippen LogP contribution is 2.40. The van der Waals surface area contributed by atoms with E-state index in [1.807, 2.05) is 67.8 Å². The van der Waals surface area contributed by atoms with Gasteiger partial charge in [0.25, 0.3) is 5.91 Å². The highest BCUT2D eigenvalue weighted by atomic mass is 127. The first-order valence-electron chi connectivity index (χ1n) is 9.17. The SMILES string of the molecule is CC(=O)Nc1c(I)c(C(=O)N[C@@H]2[C@H](O)[C@H](O)[C@H](CO)O[C@@H]2O)c(I)c(N(C)C(C)=O)c1I. The van der Waals surface area contributed by atoms with Gasteiger partial charge in [0.2, 0.25) is 11.8 Å². The second-order valence-corrected chi connectivity index (χ2v) is 10.3. The summed E-state index contributed by atoms with van der Waals surface area (Å²) in [6, 6.07) is -1.40. The fraction of sp³-hybridized carbons (Fsp3) is 0.500. The fourth-order valence-corrected chi connectivity index (χ4v) is 7.71. The Hall–Kier alpha value is -0.380. The number of anilines is 2. The van der Waals surface area contributed by atoms with Crippen LogP contribution in [0.4, 0.5) is 11.4 Å². The smallest absolute Gasteiger partial charge is 0.254 e. The summed E-state index contributed by atoms with van der Waals surface area (Å²) >= 11 is 5.78. The molecule has 1 aliphatic rings. The van der Waals surface area contributed by atoms with Crippen LogP contribution in [0, 0.1) is 10.7 Å². The van der Waals surface area contributed by atoms with E-state index in [2.05, 4.69) is 10.6 Å². The zero-order valence-corrected chi connectivity index (χ0v) is 23.6. The number of benzene rings is 1. The van der Waals surface area contributed by atoms with E-state index in [0.717, 1.165) is 0 Å². The number of nitrogens with one attached hydrogen (secondary N) is 2. The number of nitrogens with zero attached hydrogens (tertiary/aromatic N) is 1. The molecular formula is C18H22I3N3O8. The number of hydrogen-bond acceptors (Lipinski definition) is 8. The molecule has 0 saturated carbocycles. The number of carbonyl (C=O) groups excluding carboxylic acids is 3. The van der Waals surface area contributed by atoms with Gasteiger partial charge in [0.1, 0.15) is 24.4 Å². The summed E-state index contributed by atoms with van der Waals surface area (Å²) in [5.41, 5.74) is 0.819. The Bertz CT molecular complexity index is 931. The van der Waals surface area contributed by atoms with Crippen molar-refractivity contribution in [1.82, 2.24) is 5.32 Å². The zero-order valence-electron chi connectivity index (χ0n) is 17.1. The molecule has 1 heterocycles. The molecule has 0 aromatic heterocycles. The first-order valence-corrected chi connectivity index (χ1v) is 12.4. The predicted octanol–water partition coefficient (Wildman–Crippen LogP) is -0.0288. The van der Waals surface area contributed by atoms with Crippen LogP contribution >= 0.6 is 67.8 Å². The number of carbonyl (C=O) groups is 3. The average molecular weight is 789 g/mol.